The molecule has 0 radical (unpaired) electrons. The summed E-state index contributed by atoms with van der Waals surface area (Å²) in [6.45, 7) is 0. The molecule has 82 valence electrons. The molecular formula is C12H15FOS. The first-order valence-corrected chi connectivity index (χ1v) is 6.41. The van der Waals surface area contributed by atoms with Gasteiger partial charge in [0, 0.05) is 0 Å². The highest BCUT2D eigenvalue weighted by Gasteiger charge is 2.23. The lowest BCUT2D eigenvalue weighted by molar-refractivity contribution is 0.120. The van der Waals surface area contributed by atoms with Gasteiger partial charge in [0.25, 0.3) is 0 Å². The highest BCUT2D eigenvalue weighted by molar-refractivity contribution is 7.99. The maximum Gasteiger partial charge on any atom is 0.123 e. The zero-order valence-corrected chi connectivity index (χ0v) is 9.34. The van der Waals surface area contributed by atoms with Gasteiger partial charge >= 0.3 is 0 Å². The first-order valence-electron chi connectivity index (χ1n) is 5.26. The summed E-state index contributed by atoms with van der Waals surface area (Å²) in [6, 6.07) is 6.50. The molecule has 1 aromatic carbocycles. The average molecular weight is 226 g/mol. The maximum atomic E-state index is 12.9. The average Bonchev–Trinajstić information content (AvgIpc) is 2.70. The zero-order valence-electron chi connectivity index (χ0n) is 8.53. The fourth-order valence-corrected chi connectivity index (χ4v) is 3.26. The van der Waals surface area contributed by atoms with E-state index >= 15 is 0 Å². The largest absolute Gasteiger partial charge is 0.392 e. The van der Waals surface area contributed by atoms with Crippen LogP contribution in [0, 0.1) is 11.7 Å². The quantitative estimate of drug-likeness (QED) is 0.854. The van der Waals surface area contributed by atoms with Crippen LogP contribution in [0.5, 0.6) is 0 Å². The van der Waals surface area contributed by atoms with E-state index in [1.165, 1.54) is 12.1 Å². The second kappa shape index (κ2) is 4.99. The molecule has 1 aromatic rings. The van der Waals surface area contributed by atoms with Crippen LogP contribution in [-0.2, 0) is 6.42 Å². The van der Waals surface area contributed by atoms with Gasteiger partial charge in [-0.25, -0.2) is 4.39 Å². The molecule has 1 aliphatic rings. The molecule has 3 heteroatoms. The molecule has 1 nitrogen and oxygen atoms in total. The predicted molar refractivity (Wildman–Crippen MR) is 61.5 cm³/mol. The molecule has 2 atom stereocenters. The topological polar surface area (TPSA) is 20.2 Å². The number of rotatable bonds is 3. The van der Waals surface area contributed by atoms with Gasteiger partial charge in [0.2, 0.25) is 0 Å². The zero-order chi connectivity index (χ0) is 10.7. The van der Waals surface area contributed by atoms with Gasteiger partial charge in [-0.15, -0.1) is 0 Å². The summed E-state index contributed by atoms with van der Waals surface area (Å²) in [7, 11) is 0. The van der Waals surface area contributed by atoms with Crippen LogP contribution >= 0.6 is 11.8 Å². The third kappa shape index (κ3) is 2.95. The van der Waals surface area contributed by atoms with Crippen LogP contribution in [0.4, 0.5) is 4.39 Å². The fraction of sp³-hybridized carbons (Fsp3) is 0.500. The summed E-state index contributed by atoms with van der Waals surface area (Å²) < 4.78 is 12.9. The molecule has 15 heavy (non-hydrogen) atoms. The van der Waals surface area contributed by atoms with Crippen LogP contribution in [0.15, 0.2) is 24.3 Å². The van der Waals surface area contributed by atoms with Crippen molar-refractivity contribution in [3.8, 4) is 0 Å². The highest BCUT2D eigenvalue weighted by Crippen LogP contribution is 2.27. The fourth-order valence-electron chi connectivity index (χ4n) is 1.93. The summed E-state index contributed by atoms with van der Waals surface area (Å²) in [5, 5.41) is 9.96. The lowest BCUT2D eigenvalue weighted by Gasteiger charge is -2.16. The van der Waals surface area contributed by atoms with E-state index in [0.29, 0.717) is 12.3 Å². The van der Waals surface area contributed by atoms with Gasteiger partial charge in [0.05, 0.1) is 6.10 Å². The Balaban J connectivity index is 1.95. The Bertz CT molecular complexity index is 323. The van der Waals surface area contributed by atoms with E-state index in [4.69, 9.17) is 0 Å². The minimum absolute atomic E-state index is 0.222. The van der Waals surface area contributed by atoms with E-state index in [1.807, 2.05) is 17.8 Å². The summed E-state index contributed by atoms with van der Waals surface area (Å²) in [4.78, 5) is 0. The number of hydrogen-bond donors (Lipinski definition) is 1. The lowest BCUT2D eigenvalue weighted by atomic mass is 9.96. The van der Waals surface area contributed by atoms with Crippen molar-refractivity contribution in [2.45, 2.75) is 18.9 Å². The van der Waals surface area contributed by atoms with Crippen molar-refractivity contribution in [2.24, 2.45) is 5.92 Å². The molecule has 0 amide bonds. The smallest absolute Gasteiger partial charge is 0.123 e. The number of aliphatic hydroxyl groups is 1. The van der Waals surface area contributed by atoms with E-state index in [0.717, 1.165) is 23.5 Å². The Morgan fingerprint density at radius 2 is 2.40 bits per heavy atom. The van der Waals surface area contributed by atoms with Crippen LogP contribution in [0.2, 0.25) is 0 Å². The molecule has 2 rings (SSSR count). The van der Waals surface area contributed by atoms with E-state index in [2.05, 4.69) is 0 Å². The maximum absolute atomic E-state index is 12.9. The summed E-state index contributed by atoms with van der Waals surface area (Å²) in [5.41, 5.74) is 0.888. The molecule has 1 fully saturated rings. The van der Waals surface area contributed by atoms with Crippen molar-refractivity contribution >= 4 is 11.8 Å². The van der Waals surface area contributed by atoms with Gasteiger partial charge in [-0.2, -0.15) is 11.8 Å². The lowest BCUT2D eigenvalue weighted by Crippen LogP contribution is -2.22. The first kappa shape index (κ1) is 11.0. The van der Waals surface area contributed by atoms with Crippen LogP contribution in [-0.4, -0.2) is 22.7 Å². The molecular weight excluding hydrogens is 211 g/mol. The Morgan fingerprint density at radius 3 is 3.07 bits per heavy atom. The molecule has 1 N–H and O–H groups in total. The van der Waals surface area contributed by atoms with Gasteiger partial charge in [-0.05, 0) is 48.0 Å². The van der Waals surface area contributed by atoms with Crippen molar-refractivity contribution in [1.82, 2.24) is 0 Å². The Hall–Kier alpha value is -0.540. The predicted octanol–water partition coefficient (Wildman–Crippen LogP) is 2.48. The van der Waals surface area contributed by atoms with Crippen molar-refractivity contribution < 1.29 is 9.50 Å². The molecule has 1 saturated heterocycles. The van der Waals surface area contributed by atoms with Gasteiger partial charge < -0.3 is 5.11 Å². The normalized spacial score (nSPS) is 22.9. The Morgan fingerprint density at radius 1 is 1.53 bits per heavy atom. The summed E-state index contributed by atoms with van der Waals surface area (Å²) in [6.07, 6.45) is 1.34. The van der Waals surface area contributed by atoms with Gasteiger partial charge in [-0.3, -0.25) is 0 Å². The van der Waals surface area contributed by atoms with Crippen molar-refractivity contribution in [1.29, 1.82) is 0 Å². The molecule has 1 heterocycles. The number of halogens is 1. The Labute approximate surface area is 93.7 Å². The van der Waals surface area contributed by atoms with Gasteiger partial charge in [-0.1, -0.05) is 12.1 Å². The third-order valence-corrected chi connectivity index (χ3v) is 4.03. The second-order valence-electron chi connectivity index (χ2n) is 4.03. The molecule has 0 saturated carbocycles. The first-order chi connectivity index (χ1) is 7.25. The minimum atomic E-state index is -0.318. The third-order valence-electron chi connectivity index (χ3n) is 2.84. The standard InChI is InChI=1S/C12H15FOS/c13-11-3-1-2-9(6-11)7-12(14)10-4-5-15-8-10/h1-3,6,10,12,14H,4-5,7-8H2. The van der Waals surface area contributed by atoms with Crippen molar-refractivity contribution in [2.75, 3.05) is 11.5 Å². The molecule has 2 unspecified atom stereocenters. The Kier molecular flexibility index (Phi) is 3.65. The summed E-state index contributed by atoms with van der Waals surface area (Å²) >= 11 is 1.89. The monoisotopic (exact) mass is 226 g/mol. The highest BCUT2D eigenvalue weighted by atomic mass is 32.2. The minimum Gasteiger partial charge on any atom is -0.392 e. The van der Waals surface area contributed by atoms with Crippen LogP contribution in [0.3, 0.4) is 0 Å². The van der Waals surface area contributed by atoms with Crippen molar-refractivity contribution in [3.63, 3.8) is 0 Å². The van der Waals surface area contributed by atoms with Crippen LogP contribution in [0.25, 0.3) is 0 Å². The van der Waals surface area contributed by atoms with E-state index < -0.39 is 0 Å². The summed E-state index contributed by atoms with van der Waals surface area (Å²) in [5.74, 6) is 2.35. The van der Waals surface area contributed by atoms with E-state index in [9.17, 15) is 9.50 Å². The SMILES string of the molecule is OC(Cc1cccc(F)c1)C1CCSC1. The second-order valence-corrected chi connectivity index (χ2v) is 5.17. The van der Waals surface area contributed by atoms with Crippen LogP contribution in [0.1, 0.15) is 12.0 Å². The molecule has 0 spiro atoms. The molecule has 0 aliphatic carbocycles. The van der Waals surface area contributed by atoms with Crippen molar-refractivity contribution in [3.05, 3.63) is 35.6 Å². The number of thioether (sulfide) groups is 1. The van der Waals surface area contributed by atoms with Gasteiger partial charge in [0.1, 0.15) is 5.82 Å². The molecule has 1 aliphatic heterocycles. The number of benzene rings is 1. The number of hydrogen-bond acceptors (Lipinski definition) is 2. The van der Waals surface area contributed by atoms with E-state index in [1.54, 1.807) is 6.07 Å². The number of aliphatic hydroxyl groups excluding tert-OH is 1. The molecule has 0 bridgehead atoms. The van der Waals surface area contributed by atoms with E-state index in [-0.39, 0.29) is 11.9 Å². The van der Waals surface area contributed by atoms with Gasteiger partial charge in [0.15, 0.2) is 0 Å². The van der Waals surface area contributed by atoms with Crippen LogP contribution < -0.4 is 0 Å². The molecule has 0 aromatic heterocycles.